The summed E-state index contributed by atoms with van der Waals surface area (Å²) in [5, 5.41) is 0. The van der Waals surface area contributed by atoms with Gasteiger partial charge < -0.3 is 4.74 Å². The molecule has 0 atom stereocenters. The molecule has 0 saturated carbocycles. The van der Waals surface area contributed by atoms with Gasteiger partial charge >= 0.3 is 0 Å². The molecule has 0 aliphatic heterocycles. The van der Waals surface area contributed by atoms with E-state index < -0.39 is 0 Å². The zero-order valence-corrected chi connectivity index (χ0v) is 8.14. The summed E-state index contributed by atoms with van der Waals surface area (Å²) in [7, 11) is 1.61. The van der Waals surface area contributed by atoms with Gasteiger partial charge in [-0.2, -0.15) is 0 Å². The molecule has 0 N–H and O–H groups in total. The standard InChI is InChI=1S/C6H11Cl3O/c1-10-5-6(2-7,3-8)4-9/h2-5H2,1H3. The molecule has 0 heterocycles. The quantitative estimate of drug-likeness (QED) is 0.626. The van der Waals surface area contributed by atoms with Gasteiger partial charge in [0.25, 0.3) is 0 Å². The molecule has 0 aromatic heterocycles. The predicted molar refractivity (Wildman–Crippen MR) is 46.5 cm³/mol. The average Bonchev–Trinajstić information content (AvgIpc) is 2.01. The number of methoxy groups -OCH3 is 1. The Morgan fingerprint density at radius 1 is 1.10 bits per heavy atom. The van der Waals surface area contributed by atoms with Crippen LogP contribution in [0.25, 0.3) is 0 Å². The summed E-state index contributed by atoms with van der Waals surface area (Å²) >= 11 is 17.0. The van der Waals surface area contributed by atoms with Crippen molar-refractivity contribution in [3.8, 4) is 0 Å². The fraction of sp³-hybridized carbons (Fsp3) is 1.00. The lowest BCUT2D eigenvalue weighted by Gasteiger charge is -2.25. The lowest BCUT2D eigenvalue weighted by atomic mass is 9.97. The van der Waals surface area contributed by atoms with Crippen molar-refractivity contribution in [2.45, 2.75) is 0 Å². The number of rotatable bonds is 5. The van der Waals surface area contributed by atoms with Gasteiger partial charge in [0, 0.05) is 30.2 Å². The maximum absolute atomic E-state index is 5.65. The Labute approximate surface area is 76.6 Å². The summed E-state index contributed by atoms with van der Waals surface area (Å²) in [5.74, 6) is 1.32. The molecule has 0 fully saturated rings. The Morgan fingerprint density at radius 3 is 1.60 bits per heavy atom. The lowest BCUT2D eigenvalue weighted by Crippen LogP contribution is -2.32. The maximum Gasteiger partial charge on any atom is 0.0553 e. The Morgan fingerprint density at radius 2 is 1.50 bits per heavy atom. The van der Waals surface area contributed by atoms with E-state index in [1.807, 2.05) is 0 Å². The second-order valence-electron chi connectivity index (χ2n) is 2.33. The fourth-order valence-electron chi connectivity index (χ4n) is 0.529. The summed E-state index contributed by atoms with van der Waals surface area (Å²) in [4.78, 5) is 0. The summed E-state index contributed by atoms with van der Waals surface area (Å²) in [6.45, 7) is 0.517. The third-order valence-electron chi connectivity index (χ3n) is 1.30. The van der Waals surface area contributed by atoms with Crippen molar-refractivity contribution in [1.29, 1.82) is 0 Å². The van der Waals surface area contributed by atoms with Crippen LogP contribution in [0.15, 0.2) is 0 Å². The number of alkyl halides is 3. The second-order valence-corrected chi connectivity index (χ2v) is 3.14. The van der Waals surface area contributed by atoms with E-state index in [9.17, 15) is 0 Å². The molecular weight excluding hydrogens is 194 g/mol. The summed E-state index contributed by atoms with van der Waals surface area (Å²) in [5.41, 5.74) is -0.251. The van der Waals surface area contributed by atoms with Crippen LogP contribution in [-0.2, 0) is 4.74 Å². The first-order chi connectivity index (χ1) is 4.74. The highest BCUT2D eigenvalue weighted by atomic mass is 35.5. The highest BCUT2D eigenvalue weighted by Crippen LogP contribution is 2.23. The van der Waals surface area contributed by atoms with Crippen LogP contribution in [0, 0.1) is 5.41 Å². The van der Waals surface area contributed by atoms with Crippen molar-refractivity contribution < 1.29 is 4.74 Å². The molecule has 4 heteroatoms. The molecule has 0 aliphatic carbocycles. The van der Waals surface area contributed by atoms with E-state index in [0.29, 0.717) is 24.2 Å². The first-order valence-corrected chi connectivity index (χ1v) is 4.52. The molecule has 0 unspecified atom stereocenters. The molecule has 0 radical (unpaired) electrons. The minimum Gasteiger partial charge on any atom is -0.384 e. The zero-order valence-electron chi connectivity index (χ0n) is 5.87. The Balaban J connectivity index is 3.87. The van der Waals surface area contributed by atoms with E-state index >= 15 is 0 Å². The summed E-state index contributed by atoms with van der Waals surface area (Å²) in [6.07, 6.45) is 0. The van der Waals surface area contributed by atoms with Crippen LogP contribution < -0.4 is 0 Å². The van der Waals surface area contributed by atoms with E-state index in [1.165, 1.54) is 0 Å². The van der Waals surface area contributed by atoms with Crippen molar-refractivity contribution in [2.75, 3.05) is 31.4 Å². The van der Waals surface area contributed by atoms with Gasteiger partial charge in [-0.3, -0.25) is 0 Å². The zero-order chi connectivity index (χ0) is 8.04. The third-order valence-corrected chi connectivity index (χ3v) is 3.00. The minimum absolute atomic E-state index is 0.251. The first kappa shape index (κ1) is 10.8. The molecular formula is C6H11Cl3O. The maximum atomic E-state index is 5.65. The SMILES string of the molecule is COCC(CCl)(CCl)CCl. The third kappa shape index (κ3) is 2.83. The van der Waals surface area contributed by atoms with Gasteiger partial charge in [0.05, 0.1) is 6.61 Å². The number of halogens is 3. The van der Waals surface area contributed by atoms with Gasteiger partial charge in [0.2, 0.25) is 0 Å². The second kappa shape index (κ2) is 5.48. The van der Waals surface area contributed by atoms with E-state index in [4.69, 9.17) is 39.5 Å². The molecule has 0 bridgehead atoms. The topological polar surface area (TPSA) is 9.23 Å². The van der Waals surface area contributed by atoms with E-state index in [-0.39, 0.29) is 5.41 Å². The molecule has 0 aromatic carbocycles. The lowest BCUT2D eigenvalue weighted by molar-refractivity contribution is 0.122. The van der Waals surface area contributed by atoms with Crippen molar-refractivity contribution in [3.63, 3.8) is 0 Å². The van der Waals surface area contributed by atoms with Crippen LogP contribution in [0.1, 0.15) is 0 Å². The highest BCUT2D eigenvalue weighted by molar-refractivity contribution is 6.24. The first-order valence-electron chi connectivity index (χ1n) is 2.91. The van der Waals surface area contributed by atoms with Crippen LogP contribution in [0.5, 0.6) is 0 Å². The number of hydrogen-bond acceptors (Lipinski definition) is 1. The molecule has 62 valence electrons. The van der Waals surface area contributed by atoms with Gasteiger partial charge in [-0.1, -0.05) is 0 Å². The van der Waals surface area contributed by atoms with Gasteiger partial charge in [-0.05, 0) is 0 Å². The average molecular weight is 206 g/mol. The monoisotopic (exact) mass is 204 g/mol. The number of ether oxygens (including phenoxy) is 1. The summed E-state index contributed by atoms with van der Waals surface area (Å²) < 4.78 is 4.93. The molecule has 0 saturated heterocycles. The summed E-state index contributed by atoms with van der Waals surface area (Å²) in [6, 6.07) is 0. The Bertz CT molecular complexity index is 74.8. The molecule has 0 spiro atoms. The van der Waals surface area contributed by atoms with E-state index in [1.54, 1.807) is 7.11 Å². The smallest absolute Gasteiger partial charge is 0.0553 e. The molecule has 0 amide bonds. The molecule has 0 rings (SSSR count). The van der Waals surface area contributed by atoms with E-state index in [2.05, 4.69) is 0 Å². The largest absolute Gasteiger partial charge is 0.384 e. The Hall–Kier alpha value is 0.830. The van der Waals surface area contributed by atoms with Crippen molar-refractivity contribution in [2.24, 2.45) is 5.41 Å². The van der Waals surface area contributed by atoms with Crippen LogP contribution >= 0.6 is 34.8 Å². The van der Waals surface area contributed by atoms with Gasteiger partial charge in [-0.25, -0.2) is 0 Å². The van der Waals surface area contributed by atoms with Crippen molar-refractivity contribution >= 4 is 34.8 Å². The van der Waals surface area contributed by atoms with Crippen LogP contribution in [0.3, 0.4) is 0 Å². The molecule has 0 aliphatic rings. The van der Waals surface area contributed by atoms with Gasteiger partial charge in [-0.15, -0.1) is 34.8 Å². The molecule has 1 nitrogen and oxygen atoms in total. The minimum atomic E-state index is -0.251. The van der Waals surface area contributed by atoms with Crippen LogP contribution in [0.2, 0.25) is 0 Å². The van der Waals surface area contributed by atoms with E-state index in [0.717, 1.165) is 0 Å². The van der Waals surface area contributed by atoms with Crippen molar-refractivity contribution in [3.05, 3.63) is 0 Å². The highest BCUT2D eigenvalue weighted by Gasteiger charge is 2.27. The van der Waals surface area contributed by atoms with Gasteiger partial charge in [0.15, 0.2) is 0 Å². The van der Waals surface area contributed by atoms with Crippen LogP contribution in [0.4, 0.5) is 0 Å². The molecule has 10 heavy (non-hydrogen) atoms. The normalized spacial score (nSPS) is 12.0. The van der Waals surface area contributed by atoms with Crippen molar-refractivity contribution in [1.82, 2.24) is 0 Å². The molecule has 0 aromatic rings. The van der Waals surface area contributed by atoms with Crippen LogP contribution in [-0.4, -0.2) is 31.4 Å². The Kier molecular flexibility index (Phi) is 5.93. The number of hydrogen-bond donors (Lipinski definition) is 0. The predicted octanol–water partition coefficient (Wildman–Crippen LogP) is 2.34. The fourth-order valence-corrected chi connectivity index (χ4v) is 1.62. The van der Waals surface area contributed by atoms with Gasteiger partial charge in [0.1, 0.15) is 0 Å².